The molecule has 0 atom stereocenters. The van der Waals surface area contributed by atoms with Gasteiger partial charge in [0.1, 0.15) is 0 Å². The first-order valence-electron chi connectivity index (χ1n) is 8.14. The van der Waals surface area contributed by atoms with Crippen LogP contribution in [0.15, 0.2) is 30.3 Å². The van der Waals surface area contributed by atoms with Crippen molar-refractivity contribution in [2.24, 2.45) is 0 Å². The number of hydrogen-bond donors (Lipinski definition) is 1. The van der Waals surface area contributed by atoms with E-state index in [4.69, 9.17) is 18.9 Å². The molecule has 148 valence electrons. The summed E-state index contributed by atoms with van der Waals surface area (Å²) in [6.07, 6.45) is 0. The van der Waals surface area contributed by atoms with Gasteiger partial charge in [-0.05, 0) is 23.8 Å². The lowest BCUT2D eigenvalue weighted by molar-refractivity contribution is -0.0512. The second kappa shape index (κ2) is 9.82. The van der Waals surface area contributed by atoms with Crippen LogP contribution in [0.4, 0.5) is 8.78 Å². The van der Waals surface area contributed by atoms with Gasteiger partial charge in [0.15, 0.2) is 23.0 Å². The summed E-state index contributed by atoms with van der Waals surface area (Å²) in [5, 5.41) is 3.27. The quantitative estimate of drug-likeness (QED) is 0.676. The van der Waals surface area contributed by atoms with Gasteiger partial charge in [0, 0.05) is 18.7 Å². The van der Waals surface area contributed by atoms with Crippen molar-refractivity contribution < 1.29 is 32.5 Å². The zero-order chi connectivity index (χ0) is 19.8. The van der Waals surface area contributed by atoms with Crippen LogP contribution in [0.3, 0.4) is 0 Å². The average Bonchev–Trinajstić information content (AvgIpc) is 2.67. The van der Waals surface area contributed by atoms with Crippen molar-refractivity contribution in [3.05, 3.63) is 41.5 Å². The van der Waals surface area contributed by atoms with E-state index in [1.807, 2.05) is 6.07 Å². The molecule has 0 aromatic heterocycles. The van der Waals surface area contributed by atoms with E-state index < -0.39 is 6.61 Å². The predicted molar refractivity (Wildman–Crippen MR) is 96.3 cm³/mol. The van der Waals surface area contributed by atoms with Crippen molar-refractivity contribution in [3.8, 4) is 28.7 Å². The summed E-state index contributed by atoms with van der Waals surface area (Å²) >= 11 is 0. The normalized spacial score (nSPS) is 10.6. The van der Waals surface area contributed by atoms with Crippen LogP contribution in [-0.2, 0) is 13.1 Å². The molecule has 0 unspecified atom stereocenters. The van der Waals surface area contributed by atoms with E-state index in [2.05, 4.69) is 10.1 Å². The number of methoxy groups -OCH3 is 4. The van der Waals surface area contributed by atoms with Gasteiger partial charge in [-0.1, -0.05) is 12.1 Å². The highest BCUT2D eigenvalue weighted by molar-refractivity contribution is 5.55. The Morgan fingerprint density at radius 2 is 1.44 bits per heavy atom. The molecule has 1 N–H and O–H groups in total. The number of ether oxygens (including phenoxy) is 5. The Labute approximate surface area is 156 Å². The number of benzene rings is 2. The molecule has 0 spiro atoms. The Morgan fingerprint density at radius 3 is 2.04 bits per heavy atom. The second-order valence-corrected chi connectivity index (χ2v) is 5.46. The molecule has 0 fully saturated rings. The third kappa shape index (κ3) is 5.13. The number of rotatable bonds is 10. The lowest BCUT2D eigenvalue weighted by Gasteiger charge is -2.16. The van der Waals surface area contributed by atoms with Gasteiger partial charge < -0.3 is 29.0 Å². The summed E-state index contributed by atoms with van der Waals surface area (Å²) in [5.74, 6) is 1.94. The summed E-state index contributed by atoms with van der Waals surface area (Å²) in [7, 11) is 6.07. The predicted octanol–water partition coefficient (Wildman–Crippen LogP) is 3.61. The molecule has 0 bridgehead atoms. The molecule has 8 heteroatoms. The van der Waals surface area contributed by atoms with Gasteiger partial charge in [0.2, 0.25) is 5.75 Å². The van der Waals surface area contributed by atoms with E-state index in [1.165, 1.54) is 13.2 Å². The maximum absolute atomic E-state index is 12.4. The van der Waals surface area contributed by atoms with Crippen LogP contribution in [0.5, 0.6) is 28.7 Å². The van der Waals surface area contributed by atoms with Gasteiger partial charge >= 0.3 is 6.61 Å². The molecule has 2 aromatic carbocycles. The van der Waals surface area contributed by atoms with Gasteiger partial charge in [-0.2, -0.15) is 8.78 Å². The number of hydrogen-bond acceptors (Lipinski definition) is 6. The van der Waals surface area contributed by atoms with Crippen LogP contribution in [0.1, 0.15) is 11.1 Å². The van der Waals surface area contributed by atoms with E-state index in [1.54, 1.807) is 39.5 Å². The number of alkyl halides is 2. The van der Waals surface area contributed by atoms with Crippen LogP contribution in [0.2, 0.25) is 0 Å². The zero-order valence-corrected chi connectivity index (χ0v) is 15.7. The van der Waals surface area contributed by atoms with Crippen molar-refractivity contribution in [2.45, 2.75) is 19.7 Å². The first kappa shape index (κ1) is 20.6. The SMILES string of the molecule is COc1cc(CNCc2ccc(OC)c(OC)c2OC)ccc1OC(F)F. The molecule has 0 aliphatic carbocycles. The van der Waals surface area contributed by atoms with E-state index in [9.17, 15) is 8.78 Å². The Hall–Kier alpha value is -2.74. The third-order valence-electron chi connectivity index (χ3n) is 3.87. The Balaban J connectivity index is 2.08. The Kier molecular flexibility index (Phi) is 7.48. The monoisotopic (exact) mass is 383 g/mol. The molecule has 0 aliphatic rings. The fraction of sp³-hybridized carbons (Fsp3) is 0.368. The molecule has 0 saturated heterocycles. The standard InChI is InChI=1S/C19H23F2NO5/c1-23-15-8-6-13(17(25-3)18(15)26-4)11-22-10-12-5-7-14(27-19(20)21)16(9-12)24-2/h5-9,19,22H,10-11H2,1-4H3. The maximum Gasteiger partial charge on any atom is 0.387 e. The molecule has 6 nitrogen and oxygen atoms in total. The third-order valence-corrected chi connectivity index (χ3v) is 3.87. The molecule has 0 saturated carbocycles. The van der Waals surface area contributed by atoms with E-state index >= 15 is 0 Å². The van der Waals surface area contributed by atoms with Crippen molar-refractivity contribution in [1.29, 1.82) is 0 Å². The lowest BCUT2D eigenvalue weighted by atomic mass is 10.1. The minimum absolute atomic E-state index is 0.00203. The fourth-order valence-corrected chi connectivity index (χ4v) is 2.66. The van der Waals surface area contributed by atoms with Gasteiger partial charge in [-0.3, -0.25) is 0 Å². The van der Waals surface area contributed by atoms with Crippen LogP contribution < -0.4 is 29.0 Å². The van der Waals surface area contributed by atoms with Crippen molar-refractivity contribution >= 4 is 0 Å². The van der Waals surface area contributed by atoms with Crippen molar-refractivity contribution in [3.63, 3.8) is 0 Å². The first-order valence-corrected chi connectivity index (χ1v) is 8.14. The van der Waals surface area contributed by atoms with E-state index in [0.29, 0.717) is 30.3 Å². The minimum Gasteiger partial charge on any atom is -0.493 e. The average molecular weight is 383 g/mol. The smallest absolute Gasteiger partial charge is 0.387 e. The van der Waals surface area contributed by atoms with E-state index in [-0.39, 0.29) is 11.5 Å². The summed E-state index contributed by atoms with van der Waals surface area (Å²) < 4.78 is 50.4. The molecular weight excluding hydrogens is 360 g/mol. The number of nitrogens with one attached hydrogen (secondary N) is 1. The molecule has 2 aromatic rings. The highest BCUT2D eigenvalue weighted by Gasteiger charge is 2.16. The summed E-state index contributed by atoms with van der Waals surface area (Å²) in [6.45, 7) is -1.91. The second-order valence-electron chi connectivity index (χ2n) is 5.46. The number of halogens is 2. The van der Waals surface area contributed by atoms with Crippen molar-refractivity contribution in [1.82, 2.24) is 5.32 Å². The molecule has 0 heterocycles. The highest BCUT2D eigenvalue weighted by atomic mass is 19.3. The topological polar surface area (TPSA) is 58.2 Å². The molecule has 0 amide bonds. The largest absolute Gasteiger partial charge is 0.493 e. The van der Waals surface area contributed by atoms with Crippen molar-refractivity contribution in [2.75, 3.05) is 28.4 Å². The Morgan fingerprint density at radius 1 is 0.778 bits per heavy atom. The van der Waals surface area contributed by atoms with Crippen LogP contribution in [0.25, 0.3) is 0 Å². The van der Waals surface area contributed by atoms with Crippen LogP contribution in [-0.4, -0.2) is 35.1 Å². The minimum atomic E-state index is -2.90. The molecule has 0 radical (unpaired) electrons. The summed E-state index contributed by atoms with van der Waals surface area (Å²) in [5.41, 5.74) is 1.74. The van der Waals surface area contributed by atoms with Gasteiger partial charge in [0.05, 0.1) is 28.4 Å². The Bertz CT molecular complexity index is 755. The summed E-state index contributed by atoms with van der Waals surface area (Å²) in [4.78, 5) is 0. The highest BCUT2D eigenvalue weighted by Crippen LogP contribution is 2.39. The van der Waals surface area contributed by atoms with Gasteiger partial charge in [0.25, 0.3) is 0 Å². The van der Waals surface area contributed by atoms with E-state index in [0.717, 1.165) is 11.1 Å². The first-order chi connectivity index (χ1) is 13.0. The summed E-state index contributed by atoms with van der Waals surface area (Å²) in [6, 6.07) is 8.49. The molecular formula is C19H23F2NO5. The van der Waals surface area contributed by atoms with Gasteiger partial charge in [-0.15, -0.1) is 0 Å². The van der Waals surface area contributed by atoms with Crippen LogP contribution in [0, 0.1) is 0 Å². The fourth-order valence-electron chi connectivity index (χ4n) is 2.66. The zero-order valence-electron chi connectivity index (χ0n) is 15.7. The molecule has 27 heavy (non-hydrogen) atoms. The molecule has 2 rings (SSSR count). The van der Waals surface area contributed by atoms with Crippen LogP contribution >= 0.6 is 0 Å². The maximum atomic E-state index is 12.4. The lowest BCUT2D eigenvalue weighted by Crippen LogP contribution is -2.14. The molecule has 0 aliphatic heterocycles. The van der Waals surface area contributed by atoms with Gasteiger partial charge in [-0.25, -0.2) is 0 Å².